The lowest BCUT2D eigenvalue weighted by molar-refractivity contribution is 0.0988. The molecular formula is C25H26F2N6O3S2. The lowest BCUT2D eigenvalue weighted by Crippen LogP contribution is -2.66. The summed E-state index contributed by atoms with van der Waals surface area (Å²) in [6.45, 7) is 2.56. The largest absolute Gasteiger partial charge is 0.369 e. The number of carbonyl (C=O) groups is 1. The first-order valence-electron chi connectivity index (χ1n) is 11.8. The minimum Gasteiger partial charge on any atom is -0.369 e. The van der Waals surface area contributed by atoms with Gasteiger partial charge in [0.15, 0.2) is 5.78 Å². The van der Waals surface area contributed by atoms with Crippen molar-refractivity contribution < 1.29 is 22.0 Å². The van der Waals surface area contributed by atoms with Gasteiger partial charge in [-0.25, -0.2) is 31.5 Å². The average Bonchev–Trinajstić information content (AvgIpc) is 3.55. The molecule has 0 saturated carbocycles. The summed E-state index contributed by atoms with van der Waals surface area (Å²) in [4.78, 5) is 27.5. The molecule has 3 aromatic rings. The van der Waals surface area contributed by atoms with Gasteiger partial charge in [0.05, 0.1) is 17.4 Å². The van der Waals surface area contributed by atoms with Gasteiger partial charge in [0.2, 0.25) is 16.0 Å². The quantitative estimate of drug-likeness (QED) is 0.460. The Kier molecular flexibility index (Phi) is 6.56. The van der Waals surface area contributed by atoms with Crippen LogP contribution in [-0.2, 0) is 28.5 Å². The number of rotatable bonds is 6. The second-order valence-corrected chi connectivity index (χ2v) is 12.7. The third-order valence-electron chi connectivity index (χ3n) is 7.52. The highest BCUT2D eigenvalue weighted by Gasteiger charge is 2.66. The van der Waals surface area contributed by atoms with Crippen molar-refractivity contribution in [2.24, 2.45) is 10.7 Å². The summed E-state index contributed by atoms with van der Waals surface area (Å²) in [5, 5.41) is 1.90. The molecule has 13 heteroatoms. The van der Waals surface area contributed by atoms with Gasteiger partial charge in [0.1, 0.15) is 27.6 Å². The van der Waals surface area contributed by atoms with Gasteiger partial charge in [-0.05, 0) is 43.2 Å². The molecule has 0 aliphatic carbocycles. The number of benzene rings is 1. The summed E-state index contributed by atoms with van der Waals surface area (Å²) in [6, 6.07) is 6.55. The molecule has 200 valence electrons. The molecule has 0 amide bonds. The van der Waals surface area contributed by atoms with Crippen molar-refractivity contribution in [3.8, 4) is 0 Å². The predicted molar refractivity (Wildman–Crippen MR) is 139 cm³/mol. The van der Waals surface area contributed by atoms with Gasteiger partial charge in [0, 0.05) is 44.0 Å². The average molecular weight is 561 g/mol. The molecule has 2 N–H and O–H groups in total. The van der Waals surface area contributed by atoms with Crippen LogP contribution in [0.4, 0.5) is 8.78 Å². The Morgan fingerprint density at radius 2 is 2.00 bits per heavy atom. The molecule has 1 spiro atoms. The highest BCUT2D eigenvalue weighted by atomic mass is 32.2. The second kappa shape index (κ2) is 9.47. The van der Waals surface area contributed by atoms with Gasteiger partial charge in [-0.1, -0.05) is 6.07 Å². The summed E-state index contributed by atoms with van der Waals surface area (Å²) in [6.07, 6.45) is 1.00. The van der Waals surface area contributed by atoms with Crippen molar-refractivity contribution in [3.63, 3.8) is 0 Å². The number of hydrogen-bond donors (Lipinski definition) is 1. The first kappa shape index (κ1) is 26.3. The van der Waals surface area contributed by atoms with Crippen LogP contribution in [0.3, 0.4) is 0 Å². The van der Waals surface area contributed by atoms with E-state index >= 15 is 4.39 Å². The van der Waals surface area contributed by atoms with E-state index in [1.165, 1.54) is 42.6 Å². The van der Waals surface area contributed by atoms with Gasteiger partial charge >= 0.3 is 0 Å². The van der Waals surface area contributed by atoms with Crippen LogP contribution in [0.2, 0.25) is 0 Å². The number of Topliss-reactive ketones (excluding diaryl/α,β-unsaturated/α-hetero) is 1. The van der Waals surface area contributed by atoms with Crippen LogP contribution in [0.15, 0.2) is 52.4 Å². The zero-order valence-corrected chi connectivity index (χ0v) is 22.4. The minimum absolute atomic E-state index is 0.0324. The van der Waals surface area contributed by atoms with Crippen LogP contribution in [0.1, 0.15) is 40.7 Å². The monoisotopic (exact) mass is 560 g/mol. The Hall–Kier alpha value is -3.29. The van der Waals surface area contributed by atoms with Crippen molar-refractivity contribution in [3.05, 3.63) is 81.6 Å². The van der Waals surface area contributed by atoms with Gasteiger partial charge in [-0.3, -0.25) is 14.7 Å². The highest BCUT2D eigenvalue weighted by Crippen LogP contribution is 2.51. The fraction of sp³-hybridized carbons (Fsp3) is 0.360. The second-order valence-electron chi connectivity index (χ2n) is 9.73. The van der Waals surface area contributed by atoms with Crippen LogP contribution in [0.5, 0.6) is 0 Å². The van der Waals surface area contributed by atoms with Crippen molar-refractivity contribution in [2.45, 2.75) is 36.6 Å². The number of guanidine groups is 1. The summed E-state index contributed by atoms with van der Waals surface area (Å²) in [5.74, 6) is -1.86. The molecule has 2 aliphatic rings. The van der Waals surface area contributed by atoms with Gasteiger partial charge in [-0.2, -0.15) is 0 Å². The Balaban J connectivity index is 1.56. The van der Waals surface area contributed by atoms with Gasteiger partial charge in [0.25, 0.3) is 0 Å². The van der Waals surface area contributed by atoms with Crippen LogP contribution < -0.4 is 5.73 Å². The molecule has 2 aromatic heterocycles. The molecule has 5 rings (SSSR count). The topological polar surface area (TPSA) is 122 Å². The fourth-order valence-electron chi connectivity index (χ4n) is 5.36. The molecule has 2 atom stereocenters. The normalized spacial score (nSPS) is 25.1. The van der Waals surface area contributed by atoms with E-state index in [0.717, 1.165) is 22.3 Å². The first-order valence-corrected chi connectivity index (χ1v) is 14.2. The van der Waals surface area contributed by atoms with E-state index in [1.807, 2.05) is 10.3 Å². The zero-order valence-electron chi connectivity index (χ0n) is 20.8. The van der Waals surface area contributed by atoms with E-state index in [-0.39, 0.29) is 36.6 Å². The molecule has 0 radical (unpaired) electrons. The predicted octanol–water partition coefficient (Wildman–Crippen LogP) is 2.69. The molecule has 1 saturated heterocycles. The smallest absolute Gasteiger partial charge is 0.247 e. The van der Waals surface area contributed by atoms with Crippen LogP contribution in [0.25, 0.3) is 0 Å². The minimum atomic E-state index is -4.08. The van der Waals surface area contributed by atoms with E-state index in [4.69, 9.17) is 5.73 Å². The van der Waals surface area contributed by atoms with E-state index in [2.05, 4.69) is 15.0 Å². The zero-order chi connectivity index (χ0) is 27.3. The number of nitrogens with zero attached hydrogens (tertiary/aromatic N) is 5. The number of hydrogen-bond acceptors (Lipinski definition) is 9. The Morgan fingerprint density at radius 3 is 2.68 bits per heavy atom. The van der Waals surface area contributed by atoms with Crippen LogP contribution in [-0.4, -0.2) is 64.2 Å². The Labute approximate surface area is 223 Å². The molecule has 38 heavy (non-hydrogen) atoms. The van der Waals surface area contributed by atoms with E-state index < -0.39 is 37.7 Å². The maximum atomic E-state index is 15.5. The summed E-state index contributed by atoms with van der Waals surface area (Å²) >= 11 is 1.45. The number of sulfonamides is 1. The molecule has 9 nitrogen and oxygen atoms in total. The number of aliphatic imine (C=N–C) groups is 1. The van der Waals surface area contributed by atoms with Crippen molar-refractivity contribution in [1.29, 1.82) is 0 Å². The van der Waals surface area contributed by atoms with Gasteiger partial charge < -0.3 is 5.73 Å². The number of pyridine rings is 1. The van der Waals surface area contributed by atoms with Crippen LogP contribution in [0, 0.1) is 11.6 Å². The number of carbonyl (C=O) groups excluding carboxylic acids is 1. The molecule has 0 unspecified atom stereocenters. The lowest BCUT2D eigenvalue weighted by Gasteiger charge is -2.48. The molecule has 4 heterocycles. The molecular weight excluding hydrogens is 534 g/mol. The SMILES string of the molecule is CN1C(N)=N[C@](C)(c2cc(CC(=O)c3ccc(F)cn3)ccc2F)[C@@]2(CCN(Cc3cscn3)C2)S1(=O)=O. The number of thiazole rings is 1. The number of ketones is 1. The van der Waals surface area contributed by atoms with E-state index in [0.29, 0.717) is 18.7 Å². The molecule has 0 bridgehead atoms. The highest BCUT2D eigenvalue weighted by molar-refractivity contribution is 7.91. The van der Waals surface area contributed by atoms with Crippen molar-refractivity contribution in [1.82, 2.24) is 19.2 Å². The molecule has 1 fully saturated rings. The number of likely N-dealkylation sites (tertiary alicyclic amines) is 1. The number of aromatic nitrogens is 2. The number of halogens is 2. The maximum absolute atomic E-state index is 15.5. The number of nitrogens with two attached hydrogens (primary N) is 1. The molecule has 2 aliphatic heterocycles. The Morgan fingerprint density at radius 1 is 1.21 bits per heavy atom. The standard InChI is InChI=1S/C25H26F2N6O3S2/c1-24(19-9-16(3-5-20(19)27)10-22(34)21-6-4-17(26)11-29-21)25(38(35,36)32(2)23(28)31-24)7-8-33(14-25)12-18-13-37-15-30-18/h3-6,9,11,13,15H,7-8,10,12,14H2,1-2H3,(H2,28,31)/t24-,25+/m1/s1. The first-order chi connectivity index (χ1) is 18.0. The van der Waals surface area contributed by atoms with E-state index in [1.54, 1.807) is 12.4 Å². The molecule has 1 aromatic carbocycles. The summed E-state index contributed by atoms with van der Waals surface area (Å²) < 4.78 is 56.2. The maximum Gasteiger partial charge on any atom is 0.247 e. The van der Waals surface area contributed by atoms with Crippen molar-refractivity contribution >= 4 is 33.1 Å². The third-order valence-corrected chi connectivity index (χ3v) is 10.8. The van der Waals surface area contributed by atoms with Crippen LogP contribution >= 0.6 is 11.3 Å². The third kappa shape index (κ3) is 4.18. The Bertz CT molecular complexity index is 1510. The van der Waals surface area contributed by atoms with Crippen molar-refractivity contribution in [2.75, 3.05) is 20.1 Å². The summed E-state index contributed by atoms with van der Waals surface area (Å²) in [7, 11) is -2.73. The lowest BCUT2D eigenvalue weighted by atomic mass is 9.77. The van der Waals surface area contributed by atoms with E-state index in [9.17, 15) is 17.6 Å². The summed E-state index contributed by atoms with van der Waals surface area (Å²) in [5.41, 5.74) is 7.56. The fourth-order valence-corrected chi connectivity index (χ4v) is 8.07. The van der Waals surface area contributed by atoms with Gasteiger partial charge in [-0.15, -0.1) is 11.3 Å².